The molecule has 3 aromatic rings. The molecule has 1 aromatic carbocycles. The third kappa shape index (κ3) is 4.20. The van der Waals surface area contributed by atoms with Gasteiger partial charge in [0.2, 0.25) is 11.0 Å². The van der Waals surface area contributed by atoms with Gasteiger partial charge in [0.25, 0.3) is 0 Å². The van der Waals surface area contributed by atoms with Gasteiger partial charge >= 0.3 is 0 Å². The quantitative estimate of drug-likeness (QED) is 0.620. The fraction of sp³-hybridized carbons (Fsp3) is 0.312. The van der Waals surface area contributed by atoms with Crippen LogP contribution in [0.3, 0.4) is 0 Å². The number of anilines is 1. The number of rotatable bonds is 7. The molecule has 136 valence electrons. The maximum absolute atomic E-state index is 12.1. The number of hydrogen-bond donors (Lipinski definition) is 1. The molecule has 2 heterocycles. The predicted octanol–water partition coefficient (Wildman–Crippen LogP) is 2.86. The summed E-state index contributed by atoms with van der Waals surface area (Å²) in [5.74, 6) is 1.57. The van der Waals surface area contributed by atoms with Gasteiger partial charge in [-0.05, 0) is 26.0 Å². The molecule has 8 nitrogen and oxygen atoms in total. The number of benzene rings is 1. The summed E-state index contributed by atoms with van der Waals surface area (Å²) in [7, 11) is 1.63. The van der Waals surface area contributed by atoms with E-state index in [1.165, 1.54) is 23.1 Å². The van der Waals surface area contributed by atoms with Crippen LogP contribution in [-0.2, 0) is 11.3 Å². The summed E-state index contributed by atoms with van der Waals surface area (Å²) < 4.78 is 7.24. The lowest BCUT2D eigenvalue weighted by atomic mass is 10.2. The van der Waals surface area contributed by atoms with E-state index in [0.29, 0.717) is 16.8 Å². The van der Waals surface area contributed by atoms with Crippen LogP contribution < -0.4 is 10.1 Å². The van der Waals surface area contributed by atoms with Crippen molar-refractivity contribution >= 4 is 34.1 Å². The van der Waals surface area contributed by atoms with Gasteiger partial charge in [-0.2, -0.15) is 0 Å². The Morgan fingerprint density at radius 2 is 2.15 bits per heavy atom. The zero-order chi connectivity index (χ0) is 18.5. The number of nitrogens with one attached hydrogen (secondary N) is 1. The van der Waals surface area contributed by atoms with Gasteiger partial charge in [-0.25, -0.2) is 0 Å². The normalized spacial score (nSPS) is 10.7. The van der Waals surface area contributed by atoms with Crippen LogP contribution in [0.2, 0.25) is 0 Å². The number of aromatic nitrogens is 5. The summed E-state index contributed by atoms with van der Waals surface area (Å²) in [6.45, 7) is 4.55. The molecule has 0 spiro atoms. The molecule has 26 heavy (non-hydrogen) atoms. The van der Waals surface area contributed by atoms with E-state index in [2.05, 4.69) is 25.7 Å². The van der Waals surface area contributed by atoms with Crippen LogP contribution >= 0.6 is 23.1 Å². The molecule has 0 aliphatic rings. The largest absolute Gasteiger partial charge is 0.497 e. The molecule has 0 fully saturated rings. The molecule has 0 bridgehead atoms. The Morgan fingerprint density at radius 1 is 1.31 bits per heavy atom. The van der Waals surface area contributed by atoms with Gasteiger partial charge in [0.05, 0.1) is 12.9 Å². The first kappa shape index (κ1) is 18.3. The van der Waals surface area contributed by atoms with Crippen molar-refractivity contribution in [2.75, 3.05) is 18.2 Å². The molecule has 3 rings (SSSR count). The minimum absolute atomic E-state index is 0.153. The molecule has 10 heteroatoms. The van der Waals surface area contributed by atoms with Crippen LogP contribution in [0.1, 0.15) is 11.9 Å². The minimum Gasteiger partial charge on any atom is -0.497 e. The third-order valence-corrected chi connectivity index (χ3v) is 5.19. The molecule has 0 saturated carbocycles. The van der Waals surface area contributed by atoms with Crippen molar-refractivity contribution < 1.29 is 9.53 Å². The topological polar surface area (TPSA) is 94.8 Å². The van der Waals surface area contributed by atoms with E-state index in [0.717, 1.165) is 22.1 Å². The average molecular weight is 390 g/mol. The Kier molecular flexibility index (Phi) is 5.84. The summed E-state index contributed by atoms with van der Waals surface area (Å²) in [4.78, 5) is 12.1. The molecule has 0 radical (unpaired) electrons. The Labute approximate surface area is 159 Å². The first-order valence-electron chi connectivity index (χ1n) is 7.91. The highest BCUT2D eigenvalue weighted by atomic mass is 32.2. The molecular formula is C16H18N6O2S2. The lowest BCUT2D eigenvalue weighted by molar-refractivity contribution is -0.113. The van der Waals surface area contributed by atoms with Crippen molar-refractivity contribution in [2.45, 2.75) is 25.5 Å². The predicted molar refractivity (Wildman–Crippen MR) is 102 cm³/mol. The van der Waals surface area contributed by atoms with Crippen molar-refractivity contribution in [3.8, 4) is 17.1 Å². The zero-order valence-electron chi connectivity index (χ0n) is 14.6. The number of carbonyl (C=O) groups excluding carboxylic acids is 1. The highest BCUT2D eigenvalue weighted by Crippen LogP contribution is 2.26. The molecule has 0 aliphatic heterocycles. The Morgan fingerprint density at radius 3 is 2.85 bits per heavy atom. The first-order valence-corrected chi connectivity index (χ1v) is 9.71. The smallest absolute Gasteiger partial charge is 0.236 e. The van der Waals surface area contributed by atoms with Crippen molar-refractivity contribution in [1.82, 2.24) is 25.0 Å². The Hall–Kier alpha value is -2.46. The number of ether oxygens (including phenoxy) is 1. The van der Waals surface area contributed by atoms with Gasteiger partial charge in [-0.15, -0.1) is 20.4 Å². The van der Waals surface area contributed by atoms with E-state index in [1.54, 1.807) is 7.11 Å². The van der Waals surface area contributed by atoms with Crippen molar-refractivity contribution in [3.63, 3.8) is 0 Å². The second kappa shape index (κ2) is 8.28. The van der Waals surface area contributed by atoms with Crippen LogP contribution in [0.25, 0.3) is 11.4 Å². The monoisotopic (exact) mass is 390 g/mol. The number of nitrogens with zero attached hydrogens (tertiary/aromatic N) is 5. The van der Waals surface area contributed by atoms with Crippen LogP contribution in [0, 0.1) is 6.92 Å². The van der Waals surface area contributed by atoms with E-state index in [9.17, 15) is 4.79 Å². The minimum atomic E-state index is -0.153. The molecule has 1 amide bonds. The summed E-state index contributed by atoms with van der Waals surface area (Å²) in [6.07, 6.45) is 0. The van der Waals surface area contributed by atoms with Gasteiger partial charge in [0, 0.05) is 12.1 Å². The highest BCUT2D eigenvalue weighted by Gasteiger charge is 2.15. The van der Waals surface area contributed by atoms with E-state index >= 15 is 0 Å². The van der Waals surface area contributed by atoms with Crippen LogP contribution in [0.5, 0.6) is 5.75 Å². The molecule has 0 atom stereocenters. The number of aryl methyl sites for hydroxylation is 1. The summed E-state index contributed by atoms with van der Waals surface area (Å²) in [6, 6.07) is 7.66. The van der Waals surface area contributed by atoms with Crippen molar-refractivity contribution in [1.29, 1.82) is 0 Å². The van der Waals surface area contributed by atoms with Gasteiger partial charge in [-0.3, -0.25) is 10.1 Å². The summed E-state index contributed by atoms with van der Waals surface area (Å²) in [5.41, 5.74) is 0.916. The van der Waals surface area contributed by atoms with Crippen LogP contribution in [0.4, 0.5) is 5.13 Å². The molecule has 2 aromatic heterocycles. The second-order valence-electron chi connectivity index (χ2n) is 5.25. The van der Waals surface area contributed by atoms with Gasteiger partial charge < -0.3 is 9.30 Å². The van der Waals surface area contributed by atoms with E-state index in [-0.39, 0.29) is 11.7 Å². The Bertz CT molecular complexity index is 908. The Balaban J connectivity index is 1.70. The maximum Gasteiger partial charge on any atom is 0.236 e. The standard InChI is InChI=1S/C16H18N6O2S2/c1-4-22-14(11-6-5-7-12(8-11)24-3)19-21-16(22)25-9-13(23)17-15-20-18-10(2)26-15/h5-8H,4,9H2,1-3H3,(H,17,20,23). The lowest BCUT2D eigenvalue weighted by Crippen LogP contribution is -2.14. The SMILES string of the molecule is CCn1c(SCC(=O)Nc2nnc(C)s2)nnc1-c1cccc(OC)c1. The number of amides is 1. The highest BCUT2D eigenvalue weighted by molar-refractivity contribution is 7.99. The van der Waals surface area contributed by atoms with Crippen molar-refractivity contribution in [2.24, 2.45) is 0 Å². The molecule has 0 aliphatic carbocycles. The zero-order valence-corrected chi connectivity index (χ0v) is 16.2. The average Bonchev–Trinajstić information content (AvgIpc) is 3.25. The second-order valence-corrected chi connectivity index (χ2v) is 7.37. The van der Waals surface area contributed by atoms with Gasteiger partial charge in [0.1, 0.15) is 10.8 Å². The summed E-state index contributed by atoms with van der Waals surface area (Å²) >= 11 is 2.68. The molecule has 1 N–H and O–H groups in total. The van der Waals surface area contributed by atoms with Gasteiger partial charge in [0.15, 0.2) is 11.0 Å². The summed E-state index contributed by atoms with van der Waals surface area (Å²) in [5, 5.41) is 21.0. The third-order valence-electron chi connectivity index (χ3n) is 3.47. The number of carbonyl (C=O) groups is 1. The van der Waals surface area contributed by atoms with E-state index in [4.69, 9.17) is 4.74 Å². The van der Waals surface area contributed by atoms with Crippen LogP contribution in [0.15, 0.2) is 29.4 Å². The number of thioether (sulfide) groups is 1. The van der Waals surface area contributed by atoms with Gasteiger partial charge in [-0.1, -0.05) is 35.2 Å². The molecular weight excluding hydrogens is 372 g/mol. The van der Waals surface area contributed by atoms with E-state index in [1.807, 2.05) is 42.7 Å². The molecule has 0 saturated heterocycles. The fourth-order valence-electron chi connectivity index (χ4n) is 2.29. The number of methoxy groups -OCH3 is 1. The first-order chi connectivity index (χ1) is 12.6. The lowest BCUT2D eigenvalue weighted by Gasteiger charge is -2.08. The van der Waals surface area contributed by atoms with Crippen LogP contribution in [-0.4, -0.2) is 43.7 Å². The fourth-order valence-corrected chi connectivity index (χ4v) is 3.70. The van der Waals surface area contributed by atoms with E-state index < -0.39 is 0 Å². The maximum atomic E-state index is 12.1. The van der Waals surface area contributed by atoms with Crippen molar-refractivity contribution in [3.05, 3.63) is 29.3 Å². The number of hydrogen-bond acceptors (Lipinski definition) is 8. The molecule has 0 unspecified atom stereocenters.